The second-order valence-electron chi connectivity index (χ2n) is 7.83. The van der Waals surface area contributed by atoms with E-state index in [1.54, 1.807) is 24.2 Å². The summed E-state index contributed by atoms with van der Waals surface area (Å²) in [5, 5.41) is 6.01. The van der Waals surface area contributed by atoms with E-state index in [0.717, 1.165) is 22.9 Å². The highest BCUT2D eigenvalue weighted by Crippen LogP contribution is 2.32. The van der Waals surface area contributed by atoms with Crippen molar-refractivity contribution in [3.05, 3.63) is 48.3 Å². The molecule has 0 radical (unpaired) electrons. The van der Waals surface area contributed by atoms with Crippen LogP contribution in [-0.4, -0.2) is 46.9 Å². The minimum Gasteiger partial charge on any atom is -0.347 e. The second-order valence-corrected chi connectivity index (χ2v) is 8.98. The number of pyridine rings is 1. The molecule has 152 valence electrons. The lowest BCUT2D eigenvalue weighted by Crippen LogP contribution is -2.62. The van der Waals surface area contributed by atoms with Gasteiger partial charge in [-0.1, -0.05) is 11.8 Å². The molecule has 2 N–H and O–H groups in total. The number of nitrogens with zero attached hydrogens (tertiary/aromatic N) is 2. The Hall–Kier alpha value is -2.38. The third-order valence-corrected chi connectivity index (χ3v) is 6.83. The zero-order chi connectivity index (χ0) is 20.4. The molecule has 7 heteroatoms. The Balaban J connectivity index is 1.39. The van der Waals surface area contributed by atoms with Crippen LogP contribution in [0.25, 0.3) is 0 Å². The van der Waals surface area contributed by atoms with Gasteiger partial charge in [-0.3, -0.25) is 19.5 Å². The SMILES string of the molecule is CC(=O)Nc1cncc(Sc2ccc(C(=O)NC3C4CCN(CC4)C3C)cc2)c1. The van der Waals surface area contributed by atoms with Crippen molar-refractivity contribution >= 4 is 29.3 Å². The lowest BCUT2D eigenvalue weighted by Gasteiger charge is -2.49. The van der Waals surface area contributed by atoms with Gasteiger partial charge in [0.1, 0.15) is 0 Å². The van der Waals surface area contributed by atoms with E-state index in [9.17, 15) is 9.59 Å². The van der Waals surface area contributed by atoms with Crippen LogP contribution >= 0.6 is 11.8 Å². The standard InChI is InChI=1S/C22H26N4O2S/c1-14-21(16-7-9-26(14)10-8-16)25-22(28)17-3-5-19(6-4-17)29-20-11-18(12-23-13-20)24-15(2)27/h3-6,11-14,16,21H,7-10H2,1-2H3,(H,24,27)(H,25,28). The Morgan fingerprint density at radius 3 is 2.48 bits per heavy atom. The van der Waals surface area contributed by atoms with E-state index in [4.69, 9.17) is 0 Å². The number of anilines is 1. The van der Waals surface area contributed by atoms with Gasteiger partial charge in [-0.2, -0.15) is 0 Å². The van der Waals surface area contributed by atoms with Gasteiger partial charge in [-0.25, -0.2) is 0 Å². The summed E-state index contributed by atoms with van der Waals surface area (Å²) in [6, 6.07) is 10.2. The summed E-state index contributed by atoms with van der Waals surface area (Å²) in [7, 11) is 0. The first-order valence-electron chi connectivity index (χ1n) is 10.0. The summed E-state index contributed by atoms with van der Waals surface area (Å²) in [4.78, 5) is 32.6. The molecule has 1 aromatic carbocycles. The first kappa shape index (κ1) is 19.9. The van der Waals surface area contributed by atoms with E-state index in [1.165, 1.54) is 19.8 Å². The predicted molar refractivity (Wildman–Crippen MR) is 114 cm³/mol. The van der Waals surface area contributed by atoms with E-state index in [-0.39, 0.29) is 17.9 Å². The number of piperidine rings is 3. The number of hydrogen-bond acceptors (Lipinski definition) is 5. The lowest BCUT2D eigenvalue weighted by atomic mass is 9.79. The van der Waals surface area contributed by atoms with Crippen LogP contribution in [0.4, 0.5) is 5.69 Å². The number of carbonyl (C=O) groups is 2. The van der Waals surface area contributed by atoms with Crippen LogP contribution in [0.3, 0.4) is 0 Å². The number of hydrogen-bond donors (Lipinski definition) is 2. The zero-order valence-electron chi connectivity index (χ0n) is 16.7. The van der Waals surface area contributed by atoms with Crippen molar-refractivity contribution in [3.8, 4) is 0 Å². The predicted octanol–water partition coefficient (Wildman–Crippen LogP) is 3.40. The largest absolute Gasteiger partial charge is 0.347 e. The molecule has 3 saturated heterocycles. The van der Waals surface area contributed by atoms with Crippen LogP contribution < -0.4 is 10.6 Å². The molecule has 2 aromatic rings. The highest BCUT2D eigenvalue weighted by molar-refractivity contribution is 7.99. The Kier molecular flexibility index (Phi) is 5.87. The van der Waals surface area contributed by atoms with Crippen molar-refractivity contribution < 1.29 is 9.59 Å². The van der Waals surface area contributed by atoms with E-state index in [0.29, 0.717) is 23.2 Å². The minimum absolute atomic E-state index is 0.00136. The van der Waals surface area contributed by atoms with Crippen molar-refractivity contribution in [2.45, 2.75) is 48.6 Å². The molecule has 2 bridgehead atoms. The van der Waals surface area contributed by atoms with E-state index >= 15 is 0 Å². The summed E-state index contributed by atoms with van der Waals surface area (Å²) in [5.41, 5.74) is 1.35. The van der Waals surface area contributed by atoms with Gasteiger partial charge < -0.3 is 10.6 Å². The van der Waals surface area contributed by atoms with Crippen LogP contribution in [0.1, 0.15) is 37.0 Å². The molecule has 4 heterocycles. The van der Waals surface area contributed by atoms with Gasteiger partial charge in [0, 0.05) is 40.6 Å². The van der Waals surface area contributed by atoms with Crippen LogP contribution in [0, 0.1) is 5.92 Å². The number of aromatic nitrogens is 1. The molecule has 0 spiro atoms. The van der Waals surface area contributed by atoms with Gasteiger partial charge in [0.25, 0.3) is 5.91 Å². The first-order chi connectivity index (χ1) is 14.0. The van der Waals surface area contributed by atoms with Gasteiger partial charge in [-0.15, -0.1) is 0 Å². The van der Waals surface area contributed by atoms with Gasteiger partial charge in [0.2, 0.25) is 5.91 Å². The molecule has 29 heavy (non-hydrogen) atoms. The van der Waals surface area contributed by atoms with Gasteiger partial charge in [0.15, 0.2) is 0 Å². The highest BCUT2D eigenvalue weighted by Gasteiger charge is 2.40. The number of amides is 2. The van der Waals surface area contributed by atoms with Crippen molar-refractivity contribution in [2.24, 2.45) is 5.92 Å². The molecule has 3 aliphatic heterocycles. The molecular formula is C22H26N4O2S. The molecule has 2 unspecified atom stereocenters. The lowest BCUT2D eigenvalue weighted by molar-refractivity contribution is -0.114. The van der Waals surface area contributed by atoms with Gasteiger partial charge in [-0.05, 0) is 69.1 Å². The summed E-state index contributed by atoms with van der Waals surface area (Å²) < 4.78 is 0. The van der Waals surface area contributed by atoms with Crippen molar-refractivity contribution in [1.29, 1.82) is 0 Å². The van der Waals surface area contributed by atoms with Crippen molar-refractivity contribution in [2.75, 3.05) is 18.4 Å². The zero-order valence-corrected chi connectivity index (χ0v) is 17.5. The van der Waals surface area contributed by atoms with Crippen molar-refractivity contribution in [3.63, 3.8) is 0 Å². The summed E-state index contributed by atoms with van der Waals surface area (Å²) >= 11 is 1.54. The first-order valence-corrected chi connectivity index (χ1v) is 10.9. The smallest absolute Gasteiger partial charge is 0.251 e. The van der Waals surface area contributed by atoms with Gasteiger partial charge in [0.05, 0.1) is 11.9 Å². The highest BCUT2D eigenvalue weighted by atomic mass is 32.2. The number of nitrogens with one attached hydrogen (secondary N) is 2. The summed E-state index contributed by atoms with van der Waals surface area (Å²) in [6.45, 7) is 6.00. The van der Waals surface area contributed by atoms with Crippen LogP contribution in [0.15, 0.2) is 52.5 Å². The molecule has 2 atom stereocenters. The monoisotopic (exact) mass is 410 g/mol. The fraction of sp³-hybridized carbons (Fsp3) is 0.409. The second kappa shape index (κ2) is 8.55. The molecular weight excluding hydrogens is 384 g/mol. The summed E-state index contributed by atoms with van der Waals surface area (Å²) in [6.07, 6.45) is 5.73. The number of benzene rings is 1. The fourth-order valence-electron chi connectivity index (χ4n) is 4.34. The number of rotatable bonds is 5. The molecule has 5 rings (SSSR count). The Morgan fingerprint density at radius 2 is 1.83 bits per heavy atom. The number of carbonyl (C=O) groups excluding carboxylic acids is 2. The molecule has 0 aliphatic carbocycles. The maximum atomic E-state index is 12.8. The molecule has 3 aliphatic rings. The quantitative estimate of drug-likeness (QED) is 0.790. The summed E-state index contributed by atoms with van der Waals surface area (Å²) in [5.74, 6) is 0.472. The maximum absolute atomic E-state index is 12.8. The van der Waals surface area contributed by atoms with E-state index < -0.39 is 0 Å². The molecule has 1 aromatic heterocycles. The van der Waals surface area contributed by atoms with Gasteiger partial charge >= 0.3 is 0 Å². The Morgan fingerprint density at radius 1 is 1.10 bits per heavy atom. The van der Waals surface area contributed by atoms with Crippen LogP contribution in [0.5, 0.6) is 0 Å². The van der Waals surface area contributed by atoms with Crippen LogP contribution in [0.2, 0.25) is 0 Å². The molecule has 6 nitrogen and oxygen atoms in total. The normalized spacial score (nSPS) is 25.4. The molecule has 3 fully saturated rings. The Labute approximate surface area is 175 Å². The topological polar surface area (TPSA) is 74.3 Å². The third kappa shape index (κ3) is 4.62. The fourth-order valence-corrected chi connectivity index (χ4v) is 5.18. The van der Waals surface area contributed by atoms with Crippen LogP contribution in [-0.2, 0) is 4.79 Å². The van der Waals surface area contributed by atoms with Crippen molar-refractivity contribution in [1.82, 2.24) is 15.2 Å². The molecule has 2 amide bonds. The third-order valence-electron chi connectivity index (χ3n) is 5.86. The average molecular weight is 411 g/mol. The average Bonchev–Trinajstić information content (AvgIpc) is 2.71. The van der Waals surface area contributed by atoms with E-state index in [1.807, 2.05) is 30.3 Å². The van der Waals surface area contributed by atoms with E-state index in [2.05, 4.69) is 27.4 Å². The Bertz CT molecular complexity index is 892. The number of fused-ring (bicyclic) bond motifs is 3. The minimum atomic E-state index is -0.123. The molecule has 0 saturated carbocycles. The maximum Gasteiger partial charge on any atom is 0.251 e.